The largest absolute Gasteiger partial charge is 0.467 e. The first-order chi connectivity index (χ1) is 10.3. The minimum absolute atomic E-state index is 0.129. The normalized spacial score (nSPS) is 10.3. The van der Waals surface area contributed by atoms with Gasteiger partial charge in [0.15, 0.2) is 0 Å². The highest BCUT2D eigenvalue weighted by molar-refractivity contribution is 5.93. The fourth-order valence-corrected chi connectivity index (χ4v) is 1.84. The second kappa shape index (κ2) is 8.06. The van der Waals surface area contributed by atoms with E-state index >= 15 is 0 Å². The van der Waals surface area contributed by atoms with Crippen molar-refractivity contribution in [2.75, 3.05) is 18.4 Å². The second-order valence-electron chi connectivity index (χ2n) is 4.61. The summed E-state index contributed by atoms with van der Waals surface area (Å²) in [5.41, 5.74) is 5.94. The molecule has 0 spiro atoms. The van der Waals surface area contributed by atoms with E-state index < -0.39 is 0 Å². The van der Waals surface area contributed by atoms with E-state index in [9.17, 15) is 4.79 Å². The first-order valence-electron chi connectivity index (χ1n) is 7.00. The van der Waals surface area contributed by atoms with E-state index in [-0.39, 0.29) is 5.91 Å². The molecule has 0 saturated heterocycles. The maximum Gasteiger partial charge on any atom is 0.254 e. The van der Waals surface area contributed by atoms with Gasteiger partial charge in [-0.3, -0.25) is 4.79 Å². The van der Waals surface area contributed by atoms with Crippen molar-refractivity contribution >= 4 is 11.7 Å². The van der Waals surface area contributed by atoms with Crippen molar-refractivity contribution < 1.29 is 9.21 Å². The highest BCUT2D eigenvalue weighted by atomic mass is 16.3. The summed E-state index contributed by atoms with van der Waals surface area (Å²) >= 11 is 0. The zero-order valence-corrected chi connectivity index (χ0v) is 11.8. The summed E-state index contributed by atoms with van der Waals surface area (Å²) in [7, 11) is 0. The van der Waals surface area contributed by atoms with Crippen LogP contribution in [0.1, 0.15) is 29.0 Å². The van der Waals surface area contributed by atoms with E-state index in [0.717, 1.165) is 25.2 Å². The van der Waals surface area contributed by atoms with Crippen LogP contribution in [0.25, 0.3) is 0 Å². The molecule has 2 aromatic rings. The van der Waals surface area contributed by atoms with Crippen LogP contribution in [0.5, 0.6) is 0 Å². The Balaban J connectivity index is 1.58. The van der Waals surface area contributed by atoms with E-state index in [1.807, 2.05) is 18.2 Å². The maximum atomic E-state index is 11.8. The van der Waals surface area contributed by atoms with Crippen molar-refractivity contribution in [3.05, 3.63) is 48.0 Å². The van der Waals surface area contributed by atoms with Crippen molar-refractivity contribution in [1.82, 2.24) is 10.3 Å². The molecule has 0 aromatic carbocycles. The molecule has 0 atom stereocenters. The van der Waals surface area contributed by atoms with Gasteiger partial charge in [-0.2, -0.15) is 0 Å². The molecule has 2 rings (SSSR count). The second-order valence-corrected chi connectivity index (χ2v) is 4.61. The van der Waals surface area contributed by atoms with Gasteiger partial charge in [0.25, 0.3) is 5.91 Å². The van der Waals surface area contributed by atoms with Gasteiger partial charge < -0.3 is 20.8 Å². The molecule has 21 heavy (non-hydrogen) atoms. The lowest BCUT2D eigenvalue weighted by atomic mass is 10.2. The van der Waals surface area contributed by atoms with Crippen LogP contribution in [0, 0.1) is 0 Å². The number of hydrogen-bond donors (Lipinski definition) is 3. The molecule has 0 saturated carbocycles. The van der Waals surface area contributed by atoms with Crippen LogP contribution in [0.4, 0.5) is 5.82 Å². The van der Waals surface area contributed by atoms with Crippen molar-refractivity contribution in [2.45, 2.75) is 19.4 Å². The number of nitrogens with two attached hydrogens (primary N) is 1. The lowest BCUT2D eigenvalue weighted by Crippen LogP contribution is -2.24. The molecular weight excluding hydrogens is 268 g/mol. The van der Waals surface area contributed by atoms with Gasteiger partial charge in [0.1, 0.15) is 17.8 Å². The van der Waals surface area contributed by atoms with Gasteiger partial charge in [0, 0.05) is 19.3 Å². The van der Waals surface area contributed by atoms with E-state index in [4.69, 9.17) is 10.2 Å². The lowest BCUT2D eigenvalue weighted by molar-refractivity contribution is 0.0952. The molecule has 6 heteroatoms. The quantitative estimate of drug-likeness (QED) is 0.644. The fraction of sp³-hybridized carbons (Fsp3) is 0.333. The third-order valence-electron chi connectivity index (χ3n) is 2.98. The summed E-state index contributed by atoms with van der Waals surface area (Å²) in [6.45, 7) is 1.76. The minimum atomic E-state index is -0.129. The summed E-state index contributed by atoms with van der Waals surface area (Å²) in [6, 6.07) is 7.41. The Morgan fingerprint density at radius 3 is 2.86 bits per heavy atom. The summed E-state index contributed by atoms with van der Waals surface area (Å²) in [4.78, 5) is 16.0. The van der Waals surface area contributed by atoms with Gasteiger partial charge in [-0.15, -0.1) is 0 Å². The van der Waals surface area contributed by atoms with Crippen LogP contribution in [0.15, 0.2) is 41.1 Å². The Morgan fingerprint density at radius 2 is 2.14 bits per heavy atom. The van der Waals surface area contributed by atoms with Crippen molar-refractivity contribution in [3.8, 4) is 0 Å². The number of nitrogens with zero attached hydrogens (tertiary/aromatic N) is 1. The monoisotopic (exact) mass is 288 g/mol. The first kappa shape index (κ1) is 15.1. The average Bonchev–Trinajstić information content (AvgIpc) is 3.00. The van der Waals surface area contributed by atoms with Crippen LogP contribution < -0.4 is 16.4 Å². The van der Waals surface area contributed by atoms with E-state index in [2.05, 4.69) is 15.6 Å². The molecule has 0 radical (unpaired) electrons. The fourth-order valence-electron chi connectivity index (χ4n) is 1.84. The minimum Gasteiger partial charge on any atom is -0.467 e. The van der Waals surface area contributed by atoms with E-state index in [1.54, 1.807) is 12.3 Å². The van der Waals surface area contributed by atoms with Gasteiger partial charge in [-0.25, -0.2) is 4.98 Å². The number of pyridine rings is 1. The highest BCUT2D eigenvalue weighted by Gasteiger charge is 2.08. The lowest BCUT2D eigenvalue weighted by Gasteiger charge is -2.05. The predicted molar refractivity (Wildman–Crippen MR) is 80.9 cm³/mol. The molecule has 1 amide bonds. The van der Waals surface area contributed by atoms with Crippen molar-refractivity contribution in [1.29, 1.82) is 0 Å². The van der Waals surface area contributed by atoms with Crippen LogP contribution in [0.2, 0.25) is 0 Å². The number of rotatable bonds is 8. The Labute approximate surface area is 123 Å². The standard InChI is InChI=1S/C15H20N4O2/c16-10-13-9-12(11-21-13)15(20)19-8-4-3-7-18-14-5-1-2-6-17-14/h1-2,5-6,9,11H,3-4,7-8,10,16H2,(H,17,18)(H,19,20). The molecule has 0 aliphatic carbocycles. The van der Waals surface area contributed by atoms with E-state index in [0.29, 0.717) is 24.4 Å². The summed E-state index contributed by atoms with van der Waals surface area (Å²) < 4.78 is 5.13. The zero-order valence-electron chi connectivity index (χ0n) is 11.8. The number of anilines is 1. The van der Waals surface area contributed by atoms with Crippen LogP contribution in [-0.4, -0.2) is 24.0 Å². The van der Waals surface area contributed by atoms with Crippen LogP contribution in [0.3, 0.4) is 0 Å². The predicted octanol–water partition coefficient (Wildman–Crippen LogP) is 1.76. The number of hydrogen-bond acceptors (Lipinski definition) is 5. The Bertz CT molecular complexity index is 554. The summed E-state index contributed by atoms with van der Waals surface area (Å²) in [5.74, 6) is 1.35. The van der Waals surface area contributed by atoms with Crippen LogP contribution in [-0.2, 0) is 6.54 Å². The zero-order chi connectivity index (χ0) is 14.9. The Morgan fingerprint density at radius 1 is 1.29 bits per heavy atom. The SMILES string of the molecule is NCc1cc(C(=O)NCCCCNc2ccccn2)co1. The van der Waals surface area contributed by atoms with Gasteiger partial charge >= 0.3 is 0 Å². The molecule has 2 heterocycles. The Hall–Kier alpha value is -2.34. The average molecular weight is 288 g/mol. The van der Waals surface area contributed by atoms with Gasteiger partial charge in [-0.1, -0.05) is 6.07 Å². The summed E-state index contributed by atoms with van der Waals surface area (Å²) in [6.07, 6.45) is 5.03. The van der Waals surface area contributed by atoms with Crippen molar-refractivity contribution in [2.24, 2.45) is 5.73 Å². The first-order valence-corrected chi connectivity index (χ1v) is 7.00. The number of nitrogens with one attached hydrogen (secondary N) is 2. The third kappa shape index (κ3) is 4.92. The molecule has 0 unspecified atom stereocenters. The molecular formula is C15H20N4O2. The van der Waals surface area contributed by atoms with Crippen molar-refractivity contribution in [3.63, 3.8) is 0 Å². The molecule has 2 aromatic heterocycles. The van der Waals surface area contributed by atoms with Gasteiger partial charge in [0.2, 0.25) is 0 Å². The molecule has 112 valence electrons. The number of unbranched alkanes of at least 4 members (excludes halogenated alkanes) is 1. The number of carbonyl (C=O) groups excluding carboxylic acids is 1. The van der Waals surface area contributed by atoms with Crippen LogP contribution >= 0.6 is 0 Å². The topological polar surface area (TPSA) is 93.2 Å². The number of aromatic nitrogens is 1. The molecule has 0 aliphatic heterocycles. The Kier molecular flexibility index (Phi) is 5.78. The molecule has 4 N–H and O–H groups in total. The maximum absolute atomic E-state index is 11.8. The number of carbonyl (C=O) groups is 1. The molecule has 0 fully saturated rings. The van der Waals surface area contributed by atoms with E-state index in [1.165, 1.54) is 6.26 Å². The highest BCUT2D eigenvalue weighted by Crippen LogP contribution is 2.06. The molecule has 6 nitrogen and oxygen atoms in total. The number of amides is 1. The number of furan rings is 1. The smallest absolute Gasteiger partial charge is 0.254 e. The molecule has 0 bridgehead atoms. The molecule has 0 aliphatic rings. The van der Waals surface area contributed by atoms with Gasteiger partial charge in [-0.05, 0) is 31.0 Å². The van der Waals surface area contributed by atoms with Gasteiger partial charge in [0.05, 0.1) is 12.1 Å². The summed E-state index contributed by atoms with van der Waals surface area (Å²) in [5, 5.41) is 6.07. The third-order valence-corrected chi connectivity index (χ3v) is 2.98.